The van der Waals surface area contributed by atoms with Crippen molar-refractivity contribution in [2.75, 3.05) is 13.1 Å². The van der Waals surface area contributed by atoms with Gasteiger partial charge in [0.25, 0.3) is 5.91 Å². The molecule has 0 unspecified atom stereocenters. The number of thiophene rings is 2. The van der Waals surface area contributed by atoms with Crippen molar-refractivity contribution in [3.8, 4) is 0 Å². The molecule has 2 rings (SSSR count). The minimum absolute atomic E-state index is 0.109. The summed E-state index contributed by atoms with van der Waals surface area (Å²) in [5, 5.41) is 10.4. The molecule has 0 bridgehead atoms. The highest BCUT2D eigenvalue weighted by Crippen LogP contribution is 2.31. The van der Waals surface area contributed by atoms with Gasteiger partial charge >= 0.3 is 12.1 Å². The van der Waals surface area contributed by atoms with E-state index in [1.54, 1.807) is 11.4 Å². The van der Waals surface area contributed by atoms with Crippen LogP contribution in [0.15, 0.2) is 17.5 Å². The predicted molar refractivity (Wildman–Crippen MR) is 69.3 cm³/mol. The molecule has 9 heteroatoms. The van der Waals surface area contributed by atoms with Crippen LogP contribution in [0.3, 0.4) is 0 Å². The number of hydrogen-bond donors (Lipinski definition) is 1. The molecule has 20 heavy (non-hydrogen) atoms. The van der Waals surface area contributed by atoms with E-state index in [1.165, 1.54) is 17.4 Å². The molecule has 0 aliphatic carbocycles. The van der Waals surface area contributed by atoms with E-state index in [4.69, 9.17) is 5.11 Å². The van der Waals surface area contributed by atoms with Gasteiger partial charge in [0, 0.05) is 9.40 Å². The number of hydrogen-bond acceptors (Lipinski definition) is 4. The first-order valence-corrected chi connectivity index (χ1v) is 7.01. The third-order valence-electron chi connectivity index (χ3n) is 2.33. The standard InChI is InChI=1S/C11H8F3NO3S2/c12-11(13,14)5-15(4-9(16)17)10(18)8-3-7-6(20-8)1-2-19-7/h1-3H,4-5H2,(H,16,17). The van der Waals surface area contributed by atoms with Gasteiger partial charge in [-0.3, -0.25) is 9.59 Å². The Kier molecular flexibility index (Phi) is 4.00. The van der Waals surface area contributed by atoms with Gasteiger partial charge in [0.15, 0.2) is 0 Å². The largest absolute Gasteiger partial charge is 0.480 e. The molecule has 4 nitrogen and oxygen atoms in total. The first-order chi connectivity index (χ1) is 9.26. The van der Waals surface area contributed by atoms with Crippen LogP contribution >= 0.6 is 22.7 Å². The first kappa shape index (κ1) is 14.8. The number of halogens is 3. The van der Waals surface area contributed by atoms with Gasteiger partial charge < -0.3 is 10.0 Å². The lowest BCUT2D eigenvalue weighted by atomic mass is 10.3. The summed E-state index contributed by atoms with van der Waals surface area (Å²) in [6.45, 7) is -2.56. The van der Waals surface area contributed by atoms with E-state index in [-0.39, 0.29) is 9.78 Å². The van der Waals surface area contributed by atoms with Gasteiger partial charge in [-0.05, 0) is 17.5 Å². The Balaban J connectivity index is 2.25. The van der Waals surface area contributed by atoms with Crippen molar-refractivity contribution in [1.29, 1.82) is 0 Å². The van der Waals surface area contributed by atoms with Gasteiger partial charge in [-0.25, -0.2) is 0 Å². The second-order valence-electron chi connectivity index (χ2n) is 3.93. The van der Waals surface area contributed by atoms with E-state index in [9.17, 15) is 22.8 Å². The van der Waals surface area contributed by atoms with E-state index in [1.807, 2.05) is 0 Å². The number of carbonyl (C=O) groups excluding carboxylic acids is 1. The number of fused-ring (bicyclic) bond motifs is 1. The molecule has 108 valence electrons. The summed E-state index contributed by atoms with van der Waals surface area (Å²) in [6, 6.07) is 3.24. The van der Waals surface area contributed by atoms with Gasteiger partial charge in [-0.2, -0.15) is 13.2 Å². The maximum absolute atomic E-state index is 12.4. The first-order valence-electron chi connectivity index (χ1n) is 5.31. The number of carbonyl (C=O) groups is 2. The third kappa shape index (κ3) is 3.48. The Bertz CT molecular complexity index is 618. The Morgan fingerprint density at radius 3 is 2.55 bits per heavy atom. The van der Waals surface area contributed by atoms with Crippen molar-refractivity contribution in [3.05, 3.63) is 22.4 Å². The fraction of sp³-hybridized carbons (Fsp3) is 0.273. The van der Waals surface area contributed by atoms with Crippen LogP contribution in [0.4, 0.5) is 13.2 Å². The Labute approximate surface area is 119 Å². The highest BCUT2D eigenvalue weighted by molar-refractivity contribution is 7.27. The molecule has 2 aromatic rings. The van der Waals surface area contributed by atoms with Crippen LogP contribution in [0.1, 0.15) is 9.67 Å². The average molecular weight is 323 g/mol. The van der Waals surface area contributed by atoms with Crippen LogP contribution < -0.4 is 0 Å². The maximum atomic E-state index is 12.4. The monoisotopic (exact) mass is 323 g/mol. The van der Waals surface area contributed by atoms with Crippen molar-refractivity contribution >= 4 is 43.9 Å². The van der Waals surface area contributed by atoms with Crippen molar-refractivity contribution in [2.24, 2.45) is 0 Å². The Hall–Kier alpha value is -1.61. The van der Waals surface area contributed by atoms with Crippen LogP contribution in [-0.4, -0.2) is 41.1 Å². The van der Waals surface area contributed by atoms with Crippen molar-refractivity contribution in [1.82, 2.24) is 4.90 Å². The summed E-state index contributed by atoms with van der Waals surface area (Å²) in [7, 11) is 0. The zero-order chi connectivity index (χ0) is 14.9. The van der Waals surface area contributed by atoms with Gasteiger partial charge in [0.1, 0.15) is 13.1 Å². The second kappa shape index (κ2) is 5.41. The number of amides is 1. The zero-order valence-electron chi connectivity index (χ0n) is 9.81. The second-order valence-corrected chi connectivity index (χ2v) is 5.96. The fourth-order valence-corrected chi connectivity index (χ4v) is 3.68. The van der Waals surface area contributed by atoms with Gasteiger partial charge in [0.05, 0.1) is 4.88 Å². The van der Waals surface area contributed by atoms with Crippen molar-refractivity contribution < 1.29 is 27.9 Å². The molecule has 0 radical (unpaired) electrons. The minimum atomic E-state index is -4.64. The third-order valence-corrected chi connectivity index (χ3v) is 4.42. The normalized spacial score (nSPS) is 11.8. The summed E-state index contributed by atoms with van der Waals surface area (Å²) in [5.74, 6) is -2.40. The van der Waals surface area contributed by atoms with E-state index in [0.717, 1.165) is 20.7 Å². The predicted octanol–water partition coefficient (Wildman–Crippen LogP) is 3.05. The molecule has 0 spiro atoms. The highest BCUT2D eigenvalue weighted by atomic mass is 32.1. The molecule has 1 N–H and O–H groups in total. The van der Waals surface area contributed by atoms with Crippen LogP contribution in [-0.2, 0) is 4.79 Å². The lowest BCUT2D eigenvalue weighted by molar-refractivity contribution is -0.149. The fourth-order valence-electron chi connectivity index (χ4n) is 1.61. The summed E-state index contributed by atoms with van der Waals surface area (Å²) in [4.78, 5) is 23.0. The summed E-state index contributed by atoms with van der Waals surface area (Å²) < 4.78 is 38.8. The number of aliphatic carboxylic acids is 1. The molecule has 0 saturated carbocycles. The topological polar surface area (TPSA) is 57.6 Å². The molecule has 0 atom stereocenters. The number of alkyl halides is 3. The van der Waals surface area contributed by atoms with E-state index < -0.39 is 31.1 Å². The molecule has 0 saturated heterocycles. The van der Waals surface area contributed by atoms with Crippen LogP contribution in [0.2, 0.25) is 0 Å². The van der Waals surface area contributed by atoms with Crippen molar-refractivity contribution in [2.45, 2.75) is 6.18 Å². The highest BCUT2D eigenvalue weighted by Gasteiger charge is 2.34. The van der Waals surface area contributed by atoms with E-state index >= 15 is 0 Å². The summed E-state index contributed by atoms with van der Waals surface area (Å²) in [5.41, 5.74) is 0. The number of carboxylic acid groups (broad SMARTS) is 1. The zero-order valence-corrected chi connectivity index (χ0v) is 11.4. The van der Waals surface area contributed by atoms with E-state index in [0.29, 0.717) is 0 Å². The quantitative estimate of drug-likeness (QED) is 0.941. The van der Waals surface area contributed by atoms with Crippen LogP contribution in [0.5, 0.6) is 0 Å². The summed E-state index contributed by atoms with van der Waals surface area (Å²) in [6.07, 6.45) is -4.64. The molecular formula is C11H8F3NO3S2. The lowest BCUT2D eigenvalue weighted by Gasteiger charge is -2.21. The number of rotatable bonds is 4. The Morgan fingerprint density at radius 2 is 2.00 bits per heavy atom. The van der Waals surface area contributed by atoms with E-state index in [2.05, 4.69) is 0 Å². The number of carboxylic acids is 1. The van der Waals surface area contributed by atoms with Gasteiger partial charge in [0.2, 0.25) is 0 Å². The SMILES string of the molecule is O=C(O)CN(CC(F)(F)F)C(=O)c1cc2sccc2s1. The van der Waals surface area contributed by atoms with Gasteiger partial charge in [-0.15, -0.1) is 22.7 Å². The Morgan fingerprint density at radius 1 is 1.30 bits per heavy atom. The van der Waals surface area contributed by atoms with Crippen LogP contribution in [0.25, 0.3) is 9.40 Å². The van der Waals surface area contributed by atoms with Crippen molar-refractivity contribution in [3.63, 3.8) is 0 Å². The average Bonchev–Trinajstić information content (AvgIpc) is 2.84. The maximum Gasteiger partial charge on any atom is 0.406 e. The number of nitrogens with zero attached hydrogens (tertiary/aromatic N) is 1. The molecular weight excluding hydrogens is 315 g/mol. The molecule has 2 aromatic heterocycles. The molecule has 0 aliphatic heterocycles. The molecule has 1 amide bonds. The van der Waals surface area contributed by atoms with Crippen LogP contribution in [0, 0.1) is 0 Å². The minimum Gasteiger partial charge on any atom is -0.480 e. The van der Waals surface area contributed by atoms with Gasteiger partial charge in [-0.1, -0.05) is 0 Å². The molecule has 0 aromatic carbocycles. The molecule has 2 heterocycles. The summed E-state index contributed by atoms with van der Waals surface area (Å²) >= 11 is 2.42. The molecule has 0 fully saturated rings. The molecule has 0 aliphatic rings. The smallest absolute Gasteiger partial charge is 0.406 e. The lowest BCUT2D eigenvalue weighted by Crippen LogP contribution is -2.41.